The van der Waals surface area contributed by atoms with E-state index < -0.39 is 0 Å². The molecular formula is C12H18FN3. The zero-order valence-electron chi connectivity index (χ0n) is 9.32. The van der Waals surface area contributed by atoms with Gasteiger partial charge in [0, 0.05) is 38.8 Å². The standard InChI is InChI=1S/C12H18FN3/c13-11-3-1-10(2-4-11)9-16-6-5-15-8-12(16)7-14/h1-4,12,15H,5-9,14H2. The Morgan fingerprint density at radius 1 is 1.38 bits per heavy atom. The molecule has 0 aliphatic carbocycles. The molecule has 0 aromatic heterocycles. The van der Waals surface area contributed by atoms with Gasteiger partial charge >= 0.3 is 0 Å². The lowest BCUT2D eigenvalue weighted by atomic mass is 10.1. The fraction of sp³-hybridized carbons (Fsp3) is 0.500. The zero-order chi connectivity index (χ0) is 11.4. The van der Waals surface area contributed by atoms with E-state index in [1.165, 1.54) is 12.1 Å². The van der Waals surface area contributed by atoms with Gasteiger partial charge in [0.05, 0.1) is 0 Å². The van der Waals surface area contributed by atoms with Crippen molar-refractivity contribution in [1.82, 2.24) is 10.2 Å². The fourth-order valence-corrected chi connectivity index (χ4v) is 2.07. The van der Waals surface area contributed by atoms with Gasteiger partial charge in [-0.1, -0.05) is 12.1 Å². The Morgan fingerprint density at radius 2 is 2.12 bits per heavy atom. The first-order valence-electron chi connectivity index (χ1n) is 5.69. The smallest absolute Gasteiger partial charge is 0.123 e. The van der Waals surface area contributed by atoms with E-state index in [4.69, 9.17) is 5.73 Å². The summed E-state index contributed by atoms with van der Waals surface area (Å²) in [7, 11) is 0. The topological polar surface area (TPSA) is 41.3 Å². The van der Waals surface area contributed by atoms with Gasteiger partial charge in [-0.25, -0.2) is 4.39 Å². The molecule has 3 nitrogen and oxygen atoms in total. The van der Waals surface area contributed by atoms with Crippen molar-refractivity contribution >= 4 is 0 Å². The molecule has 1 fully saturated rings. The lowest BCUT2D eigenvalue weighted by Gasteiger charge is -2.35. The molecule has 1 aromatic carbocycles. The Morgan fingerprint density at radius 3 is 2.81 bits per heavy atom. The monoisotopic (exact) mass is 223 g/mol. The van der Waals surface area contributed by atoms with Crippen molar-refractivity contribution in [2.75, 3.05) is 26.2 Å². The Labute approximate surface area is 95.4 Å². The van der Waals surface area contributed by atoms with Crippen molar-refractivity contribution in [3.63, 3.8) is 0 Å². The quantitative estimate of drug-likeness (QED) is 0.786. The van der Waals surface area contributed by atoms with Crippen LogP contribution in [0.15, 0.2) is 24.3 Å². The molecule has 16 heavy (non-hydrogen) atoms. The zero-order valence-corrected chi connectivity index (χ0v) is 9.32. The summed E-state index contributed by atoms with van der Waals surface area (Å²) >= 11 is 0. The summed E-state index contributed by atoms with van der Waals surface area (Å²) in [6.45, 7) is 4.45. The van der Waals surface area contributed by atoms with Gasteiger partial charge < -0.3 is 11.1 Å². The molecule has 0 amide bonds. The minimum atomic E-state index is -0.181. The second kappa shape index (κ2) is 5.39. The second-order valence-corrected chi connectivity index (χ2v) is 4.19. The highest BCUT2D eigenvalue weighted by Crippen LogP contribution is 2.10. The van der Waals surface area contributed by atoms with Crippen molar-refractivity contribution in [2.45, 2.75) is 12.6 Å². The molecule has 4 heteroatoms. The Bertz CT molecular complexity index is 326. The van der Waals surface area contributed by atoms with E-state index in [1.54, 1.807) is 0 Å². The van der Waals surface area contributed by atoms with Crippen LogP contribution in [0.1, 0.15) is 5.56 Å². The van der Waals surface area contributed by atoms with Crippen LogP contribution in [-0.2, 0) is 6.54 Å². The number of halogens is 1. The van der Waals surface area contributed by atoms with E-state index in [1.807, 2.05) is 12.1 Å². The number of piperazine rings is 1. The molecular weight excluding hydrogens is 205 g/mol. The number of rotatable bonds is 3. The van der Waals surface area contributed by atoms with Crippen LogP contribution in [0.2, 0.25) is 0 Å². The molecule has 1 atom stereocenters. The van der Waals surface area contributed by atoms with Crippen LogP contribution >= 0.6 is 0 Å². The van der Waals surface area contributed by atoms with Gasteiger partial charge in [-0.15, -0.1) is 0 Å². The van der Waals surface area contributed by atoms with E-state index in [9.17, 15) is 4.39 Å². The summed E-state index contributed by atoms with van der Waals surface area (Å²) < 4.78 is 12.8. The molecule has 1 heterocycles. The SMILES string of the molecule is NCC1CNCCN1Cc1ccc(F)cc1. The maximum absolute atomic E-state index is 12.8. The molecule has 1 aliphatic heterocycles. The average molecular weight is 223 g/mol. The van der Waals surface area contributed by atoms with Gasteiger partial charge in [0.2, 0.25) is 0 Å². The van der Waals surface area contributed by atoms with E-state index in [2.05, 4.69) is 10.2 Å². The normalized spacial score (nSPS) is 22.2. The van der Waals surface area contributed by atoms with Crippen LogP contribution in [0.3, 0.4) is 0 Å². The fourth-order valence-electron chi connectivity index (χ4n) is 2.07. The van der Waals surface area contributed by atoms with Crippen LogP contribution in [0.25, 0.3) is 0 Å². The van der Waals surface area contributed by atoms with Gasteiger partial charge in [0.25, 0.3) is 0 Å². The molecule has 0 saturated carbocycles. The average Bonchev–Trinajstić information content (AvgIpc) is 2.33. The van der Waals surface area contributed by atoms with Crippen LogP contribution in [-0.4, -0.2) is 37.1 Å². The number of nitrogens with zero attached hydrogens (tertiary/aromatic N) is 1. The lowest BCUT2D eigenvalue weighted by Crippen LogP contribution is -2.53. The summed E-state index contributed by atoms with van der Waals surface area (Å²) in [6, 6.07) is 7.08. The van der Waals surface area contributed by atoms with Crippen LogP contribution in [0, 0.1) is 5.82 Å². The minimum absolute atomic E-state index is 0.181. The molecule has 0 radical (unpaired) electrons. The molecule has 0 bridgehead atoms. The first-order valence-corrected chi connectivity index (χ1v) is 5.69. The van der Waals surface area contributed by atoms with E-state index in [0.29, 0.717) is 12.6 Å². The predicted molar refractivity (Wildman–Crippen MR) is 62.5 cm³/mol. The van der Waals surface area contributed by atoms with Crippen molar-refractivity contribution in [3.8, 4) is 0 Å². The highest BCUT2D eigenvalue weighted by Gasteiger charge is 2.20. The lowest BCUT2D eigenvalue weighted by molar-refractivity contribution is 0.158. The van der Waals surface area contributed by atoms with E-state index >= 15 is 0 Å². The van der Waals surface area contributed by atoms with Gasteiger partial charge in [0.1, 0.15) is 5.82 Å². The predicted octanol–water partition coefficient (Wildman–Crippen LogP) is 0.558. The number of hydrogen-bond donors (Lipinski definition) is 2. The maximum atomic E-state index is 12.8. The molecule has 0 spiro atoms. The van der Waals surface area contributed by atoms with Crippen LogP contribution < -0.4 is 11.1 Å². The van der Waals surface area contributed by atoms with E-state index in [0.717, 1.165) is 31.7 Å². The number of nitrogens with two attached hydrogens (primary N) is 1. The largest absolute Gasteiger partial charge is 0.329 e. The maximum Gasteiger partial charge on any atom is 0.123 e. The molecule has 88 valence electrons. The first kappa shape index (κ1) is 11.5. The van der Waals surface area contributed by atoms with Gasteiger partial charge in [-0.2, -0.15) is 0 Å². The van der Waals surface area contributed by atoms with Gasteiger partial charge in [-0.05, 0) is 17.7 Å². The van der Waals surface area contributed by atoms with Crippen molar-refractivity contribution in [2.24, 2.45) is 5.73 Å². The summed E-state index contributed by atoms with van der Waals surface area (Å²) in [4.78, 5) is 2.35. The van der Waals surface area contributed by atoms with Crippen molar-refractivity contribution in [3.05, 3.63) is 35.6 Å². The third kappa shape index (κ3) is 2.78. The van der Waals surface area contributed by atoms with Crippen LogP contribution in [0.5, 0.6) is 0 Å². The van der Waals surface area contributed by atoms with Crippen molar-refractivity contribution in [1.29, 1.82) is 0 Å². The Balaban J connectivity index is 1.99. The highest BCUT2D eigenvalue weighted by molar-refractivity contribution is 5.16. The second-order valence-electron chi connectivity index (χ2n) is 4.19. The van der Waals surface area contributed by atoms with Crippen LogP contribution in [0.4, 0.5) is 4.39 Å². The first-order chi connectivity index (χ1) is 7.79. The summed E-state index contributed by atoms with van der Waals surface area (Å²) in [6.07, 6.45) is 0. The Hall–Kier alpha value is -0.970. The summed E-state index contributed by atoms with van der Waals surface area (Å²) in [5, 5.41) is 3.33. The van der Waals surface area contributed by atoms with E-state index in [-0.39, 0.29) is 5.82 Å². The highest BCUT2D eigenvalue weighted by atomic mass is 19.1. The number of nitrogens with one attached hydrogen (secondary N) is 1. The minimum Gasteiger partial charge on any atom is -0.329 e. The van der Waals surface area contributed by atoms with Gasteiger partial charge in [0.15, 0.2) is 0 Å². The number of hydrogen-bond acceptors (Lipinski definition) is 3. The molecule has 1 aliphatic rings. The molecule has 2 rings (SSSR count). The molecule has 1 unspecified atom stereocenters. The summed E-state index contributed by atoms with van der Waals surface area (Å²) in [5.41, 5.74) is 6.87. The summed E-state index contributed by atoms with van der Waals surface area (Å²) in [5.74, 6) is -0.181. The third-order valence-electron chi connectivity index (χ3n) is 3.04. The molecule has 1 aromatic rings. The number of benzene rings is 1. The van der Waals surface area contributed by atoms with Gasteiger partial charge in [-0.3, -0.25) is 4.90 Å². The van der Waals surface area contributed by atoms with Crippen molar-refractivity contribution < 1.29 is 4.39 Å². The molecule has 1 saturated heterocycles. The third-order valence-corrected chi connectivity index (χ3v) is 3.04. The Kier molecular flexibility index (Phi) is 3.88. The molecule has 3 N–H and O–H groups in total.